The van der Waals surface area contributed by atoms with E-state index in [1.54, 1.807) is 0 Å². The van der Waals surface area contributed by atoms with E-state index in [9.17, 15) is 0 Å². The van der Waals surface area contributed by atoms with E-state index in [1.807, 2.05) is 0 Å². The number of aldehydes is 1. The Labute approximate surface area is 110 Å². The van der Waals surface area contributed by atoms with E-state index >= 15 is 0 Å². The van der Waals surface area contributed by atoms with Gasteiger partial charge in [-0.05, 0) is 21.5 Å². The van der Waals surface area contributed by atoms with E-state index in [1.165, 1.54) is 21.5 Å². The molecule has 0 saturated heterocycles. The fraction of sp³-hybridized carbons (Fsp3) is 0. The molecule has 19 heavy (non-hydrogen) atoms. The number of hydrogen-bond acceptors (Lipinski definition) is 2. The summed E-state index contributed by atoms with van der Waals surface area (Å²) in [7, 11) is 0. The second-order valence-electron chi connectivity index (χ2n) is 3.96. The monoisotopic (exact) mass is 252 g/mol. The molecule has 3 rings (SSSR count). The molecule has 3 nitrogen and oxygen atoms in total. The van der Waals surface area contributed by atoms with Crippen LogP contribution in [0.15, 0.2) is 60.7 Å². The van der Waals surface area contributed by atoms with Gasteiger partial charge in [-0.1, -0.05) is 60.7 Å². The van der Waals surface area contributed by atoms with Gasteiger partial charge in [-0.3, -0.25) is 4.79 Å². The van der Waals surface area contributed by atoms with Crippen LogP contribution in [0.3, 0.4) is 0 Å². The molecular weight excluding hydrogens is 240 g/mol. The van der Waals surface area contributed by atoms with Crippen LogP contribution in [-0.4, -0.2) is 17.4 Å². The Bertz CT molecular complexity index is 677. The Morgan fingerprint density at radius 2 is 1.16 bits per heavy atom. The number of carbonyl (C=O) groups is 2. The highest BCUT2D eigenvalue weighted by molar-refractivity contribution is 6.19. The van der Waals surface area contributed by atoms with Crippen LogP contribution in [0.4, 0.5) is 0 Å². The van der Waals surface area contributed by atoms with Gasteiger partial charge in [-0.2, -0.15) is 0 Å². The topological polar surface area (TPSA) is 54.4 Å². The summed E-state index contributed by atoms with van der Waals surface area (Å²) < 4.78 is 0. The largest absolute Gasteiger partial charge is 0.476 e. The number of carboxylic acids is 1. The summed E-state index contributed by atoms with van der Waals surface area (Å²) in [6, 6.07) is 21.4. The molecule has 0 fully saturated rings. The maximum Gasteiger partial charge on any atom is 0.368 e. The highest BCUT2D eigenvalue weighted by Gasteiger charge is 1.97. The summed E-state index contributed by atoms with van der Waals surface area (Å²) in [4.78, 5) is 17.9. The molecule has 94 valence electrons. The summed E-state index contributed by atoms with van der Waals surface area (Å²) in [6.07, 6.45) is -0.167. The smallest absolute Gasteiger partial charge is 0.368 e. The minimum Gasteiger partial charge on any atom is -0.476 e. The van der Waals surface area contributed by atoms with Gasteiger partial charge in [-0.25, -0.2) is 4.79 Å². The molecule has 0 aliphatic rings. The van der Waals surface area contributed by atoms with Crippen LogP contribution in [0.25, 0.3) is 21.5 Å². The van der Waals surface area contributed by atoms with Gasteiger partial charge in [0.25, 0.3) is 0 Å². The third-order valence-corrected chi connectivity index (χ3v) is 2.76. The highest BCUT2D eigenvalue weighted by atomic mass is 16.4. The van der Waals surface area contributed by atoms with E-state index in [4.69, 9.17) is 14.7 Å². The number of carboxylic acid groups (broad SMARTS) is 1. The molecule has 0 aromatic heterocycles. The normalized spacial score (nSPS) is 9.68. The third-order valence-electron chi connectivity index (χ3n) is 2.76. The number of fused-ring (bicyclic) bond motifs is 3. The molecule has 1 N–H and O–H groups in total. The number of rotatable bonds is 1. The van der Waals surface area contributed by atoms with Crippen molar-refractivity contribution in [1.29, 1.82) is 0 Å². The first kappa shape index (κ1) is 12.8. The molecule has 0 amide bonds. The third kappa shape index (κ3) is 2.96. The van der Waals surface area contributed by atoms with Gasteiger partial charge >= 0.3 is 5.97 Å². The first-order valence-corrected chi connectivity index (χ1v) is 5.77. The maximum absolute atomic E-state index is 9.00. The van der Waals surface area contributed by atoms with Crippen LogP contribution < -0.4 is 0 Å². The molecular formula is C16H12O3. The van der Waals surface area contributed by atoms with Gasteiger partial charge in [0.2, 0.25) is 6.29 Å². The van der Waals surface area contributed by atoms with Gasteiger partial charge < -0.3 is 5.11 Å². The standard InChI is InChI=1S/C14H10.C2H2O3/c1-3-7-13-11(5-1)9-10-12-6-2-4-8-14(12)13;3-1-2(4)5/h1-10H;1H,(H,4,5). The fourth-order valence-corrected chi connectivity index (χ4v) is 1.95. The van der Waals surface area contributed by atoms with Gasteiger partial charge in [0, 0.05) is 0 Å². The number of hydrogen-bond donors (Lipinski definition) is 1. The lowest BCUT2D eigenvalue weighted by molar-refractivity contribution is -0.143. The van der Waals surface area contributed by atoms with Crippen LogP contribution in [-0.2, 0) is 9.59 Å². The lowest BCUT2D eigenvalue weighted by Crippen LogP contribution is -1.91. The lowest BCUT2D eigenvalue weighted by atomic mass is 10.0. The second-order valence-corrected chi connectivity index (χ2v) is 3.96. The van der Waals surface area contributed by atoms with Crippen molar-refractivity contribution in [2.75, 3.05) is 0 Å². The van der Waals surface area contributed by atoms with Crippen LogP contribution in [0.5, 0.6) is 0 Å². The molecule has 3 heteroatoms. The van der Waals surface area contributed by atoms with Gasteiger partial charge in [0.1, 0.15) is 0 Å². The first-order chi connectivity index (χ1) is 9.22. The number of carbonyl (C=O) groups excluding carboxylic acids is 1. The summed E-state index contributed by atoms with van der Waals surface area (Å²) in [6.45, 7) is 0. The quantitative estimate of drug-likeness (QED) is 0.411. The summed E-state index contributed by atoms with van der Waals surface area (Å²) in [5.74, 6) is -1.43. The summed E-state index contributed by atoms with van der Waals surface area (Å²) in [5, 5.41) is 12.7. The zero-order valence-electron chi connectivity index (χ0n) is 10.1. The van der Waals surface area contributed by atoms with E-state index in [0.717, 1.165) is 0 Å². The van der Waals surface area contributed by atoms with Gasteiger partial charge in [-0.15, -0.1) is 0 Å². The Morgan fingerprint density at radius 3 is 1.53 bits per heavy atom. The molecule has 0 aliphatic heterocycles. The van der Waals surface area contributed by atoms with Crippen molar-refractivity contribution in [2.24, 2.45) is 0 Å². The van der Waals surface area contributed by atoms with Gasteiger partial charge in [0.05, 0.1) is 0 Å². The number of aliphatic carboxylic acids is 1. The van der Waals surface area contributed by atoms with Crippen molar-refractivity contribution in [2.45, 2.75) is 0 Å². The second kappa shape index (κ2) is 5.78. The SMILES string of the molecule is O=CC(=O)O.c1ccc2c(c1)ccc1ccccc12. The molecule has 3 aromatic carbocycles. The van der Waals surface area contributed by atoms with Crippen molar-refractivity contribution in [3.63, 3.8) is 0 Å². The molecule has 3 aromatic rings. The molecule has 0 atom stereocenters. The summed E-state index contributed by atoms with van der Waals surface area (Å²) in [5.41, 5.74) is 0. The average Bonchev–Trinajstić information content (AvgIpc) is 2.48. The van der Waals surface area contributed by atoms with E-state index in [0.29, 0.717) is 0 Å². The van der Waals surface area contributed by atoms with Crippen molar-refractivity contribution in [3.8, 4) is 0 Å². The molecule has 0 unspecified atom stereocenters. The Kier molecular flexibility index (Phi) is 3.88. The lowest BCUT2D eigenvalue weighted by Gasteiger charge is -2.02. The van der Waals surface area contributed by atoms with E-state index in [-0.39, 0.29) is 6.29 Å². The number of benzene rings is 3. The van der Waals surface area contributed by atoms with E-state index < -0.39 is 5.97 Å². The van der Waals surface area contributed by atoms with Crippen molar-refractivity contribution < 1.29 is 14.7 Å². The highest BCUT2D eigenvalue weighted by Crippen LogP contribution is 2.24. The molecule has 0 aliphatic carbocycles. The van der Waals surface area contributed by atoms with Crippen LogP contribution in [0.1, 0.15) is 0 Å². The minimum absolute atomic E-state index is 0.167. The van der Waals surface area contributed by atoms with Gasteiger partial charge in [0.15, 0.2) is 0 Å². The van der Waals surface area contributed by atoms with Crippen LogP contribution in [0, 0.1) is 0 Å². The van der Waals surface area contributed by atoms with Crippen molar-refractivity contribution >= 4 is 33.8 Å². The minimum atomic E-state index is -1.43. The predicted octanol–water partition coefficient (Wildman–Crippen LogP) is 3.26. The zero-order chi connectivity index (χ0) is 13.7. The van der Waals surface area contributed by atoms with Crippen LogP contribution in [0.2, 0.25) is 0 Å². The Balaban J connectivity index is 0.000000232. The fourth-order valence-electron chi connectivity index (χ4n) is 1.95. The molecule has 0 bridgehead atoms. The summed E-state index contributed by atoms with van der Waals surface area (Å²) >= 11 is 0. The van der Waals surface area contributed by atoms with Crippen LogP contribution >= 0.6 is 0 Å². The molecule has 0 radical (unpaired) electrons. The van der Waals surface area contributed by atoms with Crippen molar-refractivity contribution in [3.05, 3.63) is 60.7 Å². The van der Waals surface area contributed by atoms with Crippen molar-refractivity contribution in [1.82, 2.24) is 0 Å². The molecule has 0 saturated carbocycles. The predicted molar refractivity (Wildman–Crippen MR) is 75.2 cm³/mol. The first-order valence-electron chi connectivity index (χ1n) is 5.77. The zero-order valence-corrected chi connectivity index (χ0v) is 10.1. The molecule has 0 heterocycles. The Morgan fingerprint density at radius 1 is 0.789 bits per heavy atom. The molecule has 0 spiro atoms. The maximum atomic E-state index is 9.00. The Hall–Kier alpha value is -2.68. The van der Waals surface area contributed by atoms with E-state index in [2.05, 4.69) is 60.7 Å². The average molecular weight is 252 g/mol.